The fourth-order valence-corrected chi connectivity index (χ4v) is 1.53. The zero-order valence-corrected chi connectivity index (χ0v) is 8.84. The first-order chi connectivity index (χ1) is 7.18. The molecule has 0 radical (unpaired) electrons. The predicted molar refractivity (Wildman–Crippen MR) is 56.8 cm³/mol. The van der Waals surface area contributed by atoms with Gasteiger partial charge in [-0.25, -0.2) is 4.52 Å². The highest BCUT2D eigenvalue weighted by molar-refractivity contribution is 6.02. The van der Waals surface area contributed by atoms with Crippen molar-refractivity contribution in [2.75, 3.05) is 0 Å². The molecule has 0 aromatic carbocycles. The molecule has 0 aliphatic heterocycles. The first-order valence-corrected chi connectivity index (χ1v) is 4.99. The van der Waals surface area contributed by atoms with Gasteiger partial charge in [0, 0.05) is 18.8 Å². The highest BCUT2D eigenvalue weighted by atomic mass is 16.1. The third-order valence-corrected chi connectivity index (χ3v) is 2.22. The van der Waals surface area contributed by atoms with Crippen molar-refractivity contribution in [3.63, 3.8) is 0 Å². The van der Waals surface area contributed by atoms with E-state index in [-0.39, 0.29) is 5.78 Å². The van der Waals surface area contributed by atoms with E-state index in [1.807, 2.05) is 13.8 Å². The van der Waals surface area contributed by atoms with E-state index in [0.29, 0.717) is 17.9 Å². The van der Waals surface area contributed by atoms with Crippen molar-refractivity contribution in [3.8, 4) is 0 Å². The maximum Gasteiger partial charge on any atom is 0.166 e. The second-order valence-electron chi connectivity index (χ2n) is 3.99. The minimum absolute atomic E-state index is 0.132. The minimum atomic E-state index is 0.132. The van der Waals surface area contributed by atoms with Crippen LogP contribution in [0.1, 0.15) is 30.6 Å². The number of carbonyl (C=O) groups is 1. The Balaban J connectivity index is 2.40. The monoisotopic (exact) mass is 203 g/mol. The number of nitrogens with zero attached hydrogens (tertiary/aromatic N) is 3. The van der Waals surface area contributed by atoms with Crippen LogP contribution in [0.2, 0.25) is 0 Å². The second kappa shape index (κ2) is 3.81. The van der Waals surface area contributed by atoms with E-state index < -0.39 is 0 Å². The van der Waals surface area contributed by atoms with Gasteiger partial charge >= 0.3 is 0 Å². The summed E-state index contributed by atoms with van der Waals surface area (Å²) in [6.07, 6.45) is 7.22. The molecular weight excluding hydrogens is 190 g/mol. The molecule has 0 aliphatic carbocycles. The van der Waals surface area contributed by atoms with Crippen LogP contribution in [0, 0.1) is 5.92 Å². The molecule has 0 saturated carbocycles. The molecule has 2 rings (SSSR count). The molecule has 4 heteroatoms. The highest BCUT2D eigenvalue weighted by Crippen LogP contribution is 2.13. The van der Waals surface area contributed by atoms with Gasteiger partial charge in [-0.05, 0) is 5.92 Å². The van der Waals surface area contributed by atoms with Gasteiger partial charge < -0.3 is 0 Å². The van der Waals surface area contributed by atoms with Gasteiger partial charge in [0.1, 0.15) is 0 Å². The summed E-state index contributed by atoms with van der Waals surface area (Å²) >= 11 is 0. The van der Waals surface area contributed by atoms with E-state index in [2.05, 4.69) is 10.1 Å². The molecule has 15 heavy (non-hydrogen) atoms. The Labute approximate surface area is 87.9 Å². The summed E-state index contributed by atoms with van der Waals surface area (Å²) in [5.41, 5.74) is 1.44. The average molecular weight is 203 g/mol. The van der Waals surface area contributed by atoms with Crippen molar-refractivity contribution in [1.82, 2.24) is 14.6 Å². The van der Waals surface area contributed by atoms with E-state index in [1.165, 1.54) is 0 Å². The first-order valence-electron chi connectivity index (χ1n) is 4.99. The maximum absolute atomic E-state index is 11.8. The molecule has 2 heterocycles. The van der Waals surface area contributed by atoms with Gasteiger partial charge in [0.2, 0.25) is 0 Å². The van der Waals surface area contributed by atoms with E-state index in [1.54, 1.807) is 29.3 Å². The molecule has 0 N–H and O–H groups in total. The zero-order valence-electron chi connectivity index (χ0n) is 8.84. The SMILES string of the molecule is CC(C)CC(=O)c1cnn2ccncc12. The lowest BCUT2D eigenvalue weighted by Gasteiger charge is -2.01. The lowest BCUT2D eigenvalue weighted by Crippen LogP contribution is -2.03. The van der Waals surface area contributed by atoms with Crippen molar-refractivity contribution >= 4 is 11.3 Å². The van der Waals surface area contributed by atoms with Gasteiger partial charge in [0.05, 0.1) is 23.5 Å². The number of carbonyl (C=O) groups excluding carboxylic acids is 1. The van der Waals surface area contributed by atoms with Crippen LogP contribution < -0.4 is 0 Å². The lowest BCUT2D eigenvalue weighted by molar-refractivity contribution is 0.0969. The molecule has 0 saturated heterocycles. The number of hydrogen-bond donors (Lipinski definition) is 0. The smallest absolute Gasteiger partial charge is 0.166 e. The predicted octanol–water partition coefficient (Wildman–Crippen LogP) is 1.96. The van der Waals surface area contributed by atoms with Crippen LogP contribution in [0.15, 0.2) is 24.8 Å². The van der Waals surface area contributed by atoms with Crippen LogP contribution >= 0.6 is 0 Å². The fourth-order valence-electron chi connectivity index (χ4n) is 1.53. The molecule has 0 spiro atoms. The Kier molecular flexibility index (Phi) is 2.49. The van der Waals surface area contributed by atoms with Crippen LogP contribution in [0.25, 0.3) is 5.52 Å². The normalized spacial score (nSPS) is 11.1. The Morgan fingerprint density at radius 2 is 2.27 bits per heavy atom. The van der Waals surface area contributed by atoms with Crippen molar-refractivity contribution < 1.29 is 4.79 Å². The Morgan fingerprint density at radius 1 is 1.47 bits per heavy atom. The van der Waals surface area contributed by atoms with Crippen molar-refractivity contribution in [3.05, 3.63) is 30.4 Å². The van der Waals surface area contributed by atoms with Gasteiger partial charge in [0.15, 0.2) is 5.78 Å². The summed E-state index contributed by atoms with van der Waals surface area (Å²) in [6.45, 7) is 4.06. The quantitative estimate of drug-likeness (QED) is 0.716. The molecular formula is C11H13N3O. The number of Topliss-reactive ketones (excluding diaryl/α,β-unsaturated/α-hetero) is 1. The number of ketones is 1. The third-order valence-electron chi connectivity index (χ3n) is 2.22. The summed E-state index contributed by atoms with van der Waals surface area (Å²) in [7, 11) is 0. The van der Waals surface area contributed by atoms with Crippen LogP contribution in [0.3, 0.4) is 0 Å². The Hall–Kier alpha value is -1.71. The summed E-state index contributed by atoms with van der Waals surface area (Å²) in [4.78, 5) is 15.8. The zero-order chi connectivity index (χ0) is 10.8. The molecule has 0 amide bonds. The van der Waals surface area contributed by atoms with Gasteiger partial charge in [-0.2, -0.15) is 5.10 Å². The van der Waals surface area contributed by atoms with E-state index in [0.717, 1.165) is 5.52 Å². The van der Waals surface area contributed by atoms with E-state index in [9.17, 15) is 4.79 Å². The van der Waals surface area contributed by atoms with Crippen LogP contribution in [0.4, 0.5) is 0 Å². The summed E-state index contributed by atoms with van der Waals surface area (Å²) < 4.78 is 1.67. The second-order valence-corrected chi connectivity index (χ2v) is 3.99. The topological polar surface area (TPSA) is 47.3 Å². The van der Waals surface area contributed by atoms with Crippen LogP contribution in [0.5, 0.6) is 0 Å². The molecule has 0 bridgehead atoms. The summed E-state index contributed by atoms with van der Waals surface area (Å²) in [5.74, 6) is 0.497. The van der Waals surface area contributed by atoms with Gasteiger partial charge in [-0.3, -0.25) is 9.78 Å². The van der Waals surface area contributed by atoms with Gasteiger partial charge in [-0.15, -0.1) is 0 Å². The fraction of sp³-hybridized carbons (Fsp3) is 0.364. The van der Waals surface area contributed by atoms with E-state index in [4.69, 9.17) is 0 Å². The van der Waals surface area contributed by atoms with E-state index >= 15 is 0 Å². The largest absolute Gasteiger partial charge is 0.294 e. The van der Waals surface area contributed by atoms with Gasteiger partial charge in [-0.1, -0.05) is 13.8 Å². The first kappa shape index (κ1) is 9.83. The molecule has 0 unspecified atom stereocenters. The Bertz CT molecular complexity index is 487. The number of rotatable bonds is 3. The van der Waals surface area contributed by atoms with Gasteiger partial charge in [0.25, 0.3) is 0 Å². The molecule has 0 aliphatic rings. The van der Waals surface area contributed by atoms with Crippen molar-refractivity contribution in [2.45, 2.75) is 20.3 Å². The average Bonchev–Trinajstić information content (AvgIpc) is 2.59. The van der Waals surface area contributed by atoms with Crippen molar-refractivity contribution in [2.24, 2.45) is 5.92 Å². The summed E-state index contributed by atoms with van der Waals surface area (Å²) in [6, 6.07) is 0. The van der Waals surface area contributed by atoms with Crippen molar-refractivity contribution in [1.29, 1.82) is 0 Å². The molecule has 2 aromatic heterocycles. The van der Waals surface area contributed by atoms with Crippen LogP contribution in [-0.2, 0) is 0 Å². The maximum atomic E-state index is 11.8. The minimum Gasteiger partial charge on any atom is -0.294 e. The number of hydrogen-bond acceptors (Lipinski definition) is 3. The molecule has 78 valence electrons. The standard InChI is InChI=1S/C11H13N3O/c1-8(2)5-11(15)9-6-13-14-4-3-12-7-10(9)14/h3-4,6-8H,5H2,1-2H3. The molecule has 4 nitrogen and oxygen atoms in total. The number of fused-ring (bicyclic) bond motifs is 1. The molecule has 2 aromatic rings. The number of aromatic nitrogens is 3. The Morgan fingerprint density at radius 3 is 3.00 bits per heavy atom. The third kappa shape index (κ3) is 1.88. The summed E-state index contributed by atoms with van der Waals surface area (Å²) in [5, 5.41) is 4.10. The molecule has 0 fully saturated rings. The molecule has 0 atom stereocenters. The van der Waals surface area contributed by atoms with Crippen LogP contribution in [-0.4, -0.2) is 20.4 Å². The lowest BCUT2D eigenvalue weighted by atomic mass is 10.0. The highest BCUT2D eigenvalue weighted by Gasteiger charge is 2.13.